The number of hydrogen-bond acceptors (Lipinski definition) is 2. The lowest BCUT2D eigenvalue weighted by atomic mass is 10.1. The second kappa shape index (κ2) is 3.51. The summed E-state index contributed by atoms with van der Waals surface area (Å²) in [5.41, 5.74) is 0.973. The first-order valence-electron chi connectivity index (χ1n) is 5.06. The largest absolute Gasteiger partial charge is 0.381 e. The second-order valence-electron chi connectivity index (χ2n) is 3.78. The molecule has 2 aromatic heterocycles. The monoisotopic (exact) mass is 222 g/mol. The van der Waals surface area contributed by atoms with Crippen molar-refractivity contribution in [3.8, 4) is 0 Å². The number of nitrogens with zero attached hydrogens (tertiary/aromatic N) is 2. The third kappa shape index (κ3) is 1.43. The summed E-state index contributed by atoms with van der Waals surface area (Å²) in [6, 6.07) is 5.94. The van der Waals surface area contributed by atoms with Crippen LogP contribution < -0.4 is 0 Å². The van der Waals surface area contributed by atoms with Crippen LogP contribution >= 0.6 is 11.6 Å². The van der Waals surface area contributed by atoms with Crippen molar-refractivity contribution in [2.75, 3.05) is 13.2 Å². The molecule has 0 radical (unpaired) electrons. The van der Waals surface area contributed by atoms with E-state index in [0.717, 1.165) is 31.0 Å². The molecule has 1 fully saturated rings. The fourth-order valence-corrected chi connectivity index (χ4v) is 2.29. The highest BCUT2D eigenvalue weighted by Gasteiger charge is 2.23. The molecule has 1 atom stereocenters. The van der Waals surface area contributed by atoms with Gasteiger partial charge < -0.3 is 9.14 Å². The molecular weight excluding hydrogens is 212 g/mol. The molecule has 1 aliphatic heterocycles. The fourth-order valence-electron chi connectivity index (χ4n) is 2.05. The van der Waals surface area contributed by atoms with Gasteiger partial charge >= 0.3 is 0 Å². The van der Waals surface area contributed by atoms with Gasteiger partial charge in [0.15, 0.2) is 5.15 Å². The van der Waals surface area contributed by atoms with Crippen LogP contribution in [-0.2, 0) is 4.74 Å². The number of imidazole rings is 1. The molecule has 3 heterocycles. The van der Waals surface area contributed by atoms with E-state index in [0.29, 0.717) is 11.1 Å². The third-order valence-electron chi connectivity index (χ3n) is 2.83. The van der Waals surface area contributed by atoms with Crippen molar-refractivity contribution in [3.05, 3.63) is 35.4 Å². The lowest BCUT2D eigenvalue weighted by Crippen LogP contribution is -2.03. The normalized spacial score (nSPS) is 21.3. The van der Waals surface area contributed by atoms with Gasteiger partial charge in [-0.2, -0.15) is 0 Å². The summed E-state index contributed by atoms with van der Waals surface area (Å²) in [6.07, 6.45) is 3.03. The number of aromatic nitrogens is 2. The van der Waals surface area contributed by atoms with Crippen LogP contribution in [0.4, 0.5) is 0 Å². The molecule has 0 spiro atoms. The maximum Gasteiger partial charge on any atom is 0.155 e. The van der Waals surface area contributed by atoms with Gasteiger partial charge in [-0.05, 0) is 18.6 Å². The van der Waals surface area contributed by atoms with Gasteiger partial charge in [0.25, 0.3) is 0 Å². The van der Waals surface area contributed by atoms with Crippen molar-refractivity contribution in [2.45, 2.75) is 12.3 Å². The smallest absolute Gasteiger partial charge is 0.155 e. The molecule has 78 valence electrons. The molecule has 0 bridgehead atoms. The van der Waals surface area contributed by atoms with E-state index in [9.17, 15) is 0 Å². The molecule has 0 aromatic carbocycles. The molecule has 1 aliphatic rings. The molecule has 1 saturated heterocycles. The van der Waals surface area contributed by atoms with Crippen LogP contribution in [0.1, 0.15) is 18.2 Å². The molecule has 2 aromatic rings. The van der Waals surface area contributed by atoms with Gasteiger partial charge in [0.1, 0.15) is 5.82 Å². The molecule has 0 aliphatic carbocycles. The van der Waals surface area contributed by atoms with Gasteiger partial charge in [-0.3, -0.25) is 0 Å². The molecule has 3 nitrogen and oxygen atoms in total. The summed E-state index contributed by atoms with van der Waals surface area (Å²) in [5, 5.41) is 0.581. The van der Waals surface area contributed by atoms with Crippen LogP contribution in [0.15, 0.2) is 24.4 Å². The Labute approximate surface area is 92.6 Å². The standard InChI is InChI=1S/C11H11ClN2O/c12-10-9-3-1-2-5-14(9)11(13-10)8-4-6-15-7-8/h1-3,5,8H,4,6-7H2. The van der Waals surface area contributed by atoms with Gasteiger partial charge in [0, 0.05) is 18.7 Å². The first-order chi connectivity index (χ1) is 7.36. The minimum Gasteiger partial charge on any atom is -0.381 e. The summed E-state index contributed by atoms with van der Waals surface area (Å²) in [5.74, 6) is 1.40. The molecule has 4 heteroatoms. The first kappa shape index (κ1) is 9.19. The topological polar surface area (TPSA) is 26.5 Å². The molecule has 1 unspecified atom stereocenters. The zero-order valence-corrected chi connectivity index (χ0v) is 8.94. The highest BCUT2D eigenvalue weighted by Crippen LogP contribution is 2.28. The zero-order valence-electron chi connectivity index (χ0n) is 8.19. The molecule has 3 rings (SSSR count). The fraction of sp³-hybridized carbons (Fsp3) is 0.364. The number of fused-ring (bicyclic) bond motifs is 1. The Balaban J connectivity index is 2.17. The minimum absolute atomic E-state index is 0.382. The van der Waals surface area contributed by atoms with Gasteiger partial charge in [-0.15, -0.1) is 0 Å². The van der Waals surface area contributed by atoms with Crippen LogP contribution in [0.2, 0.25) is 5.15 Å². The number of hydrogen-bond donors (Lipinski definition) is 0. The van der Waals surface area contributed by atoms with Crippen LogP contribution in [0.3, 0.4) is 0 Å². The average Bonchev–Trinajstić information content (AvgIpc) is 2.87. The highest BCUT2D eigenvalue weighted by atomic mass is 35.5. The van der Waals surface area contributed by atoms with Crippen LogP contribution in [0, 0.1) is 0 Å². The van der Waals surface area contributed by atoms with E-state index in [-0.39, 0.29) is 0 Å². The Bertz CT molecular complexity index is 488. The van der Waals surface area contributed by atoms with Crippen molar-refractivity contribution in [1.29, 1.82) is 0 Å². The SMILES string of the molecule is Clc1nc(C2CCOC2)n2ccccc12. The average molecular weight is 223 g/mol. The number of halogens is 1. The van der Waals surface area contributed by atoms with Crippen LogP contribution in [0.25, 0.3) is 5.52 Å². The van der Waals surface area contributed by atoms with E-state index in [2.05, 4.69) is 9.38 Å². The Morgan fingerprint density at radius 1 is 1.47 bits per heavy atom. The quantitative estimate of drug-likeness (QED) is 0.741. The lowest BCUT2D eigenvalue weighted by molar-refractivity contribution is 0.193. The van der Waals surface area contributed by atoms with Crippen LogP contribution in [0.5, 0.6) is 0 Å². The van der Waals surface area contributed by atoms with E-state index in [4.69, 9.17) is 16.3 Å². The van der Waals surface area contributed by atoms with Crippen molar-refractivity contribution >= 4 is 17.1 Å². The van der Waals surface area contributed by atoms with E-state index < -0.39 is 0 Å². The van der Waals surface area contributed by atoms with Crippen molar-refractivity contribution in [3.63, 3.8) is 0 Å². The van der Waals surface area contributed by atoms with Gasteiger partial charge in [0.05, 0.1) is 12.1 Å². The number of ether oxygens (including phenoxy) is 1. The molecule has 0 saturated carbocycles. The minimum atomic E-state index is 0.382. The Hall–Kier alpha value is -1.06. The highest BCUT2D eigenvalue weighted by molar-refractivity contribution is 6.32. The maximum absolute atomic E-state index is 6.08. The molecule has 15 heavy (non-hydrogen) atoms. The van der Waals surface area contributed by atoms with Crippen LogP contribution in [-0.4, -0.2) is 22.6 Å². The summed E-state index contributed by atoms with van der Waals surface area (Å²) in [7, 11) is 0. The maximum atomic E-state index is 6.08. The lowest BCUT2D eigenvalue weighted by Gasteiger charge is -2.05. The van der Waals surface area contributed by atoms with Crippen molar-refractivity contribution in [1.82, 2.24) is 9.38 Å². The van der Waals surface area contributed by atoms with Crippen molar-refractivity contribution < 1.29 is 4.74 Å². The predicted molar refractivity (Wildman–Crippen MR) is 58.4 cm³/mol. The molecule has 0 amide bonds. The number of pyridine rings is 1. The molecule has 0 N–H and O–H groups in total. The van der Waals surface area contributed by atoms with E-state index in [1.54, 1.807) is 0 Å². The Morgan fingerprint density at radius 2 is 2.40 bits per heavy atom. The van der Waals surface area contributed by atoms with E-state index in [1.165, 1.54) is 0 Å². The summed E-state index contributed by atoms with van der Waals surface area (Å²) in [6.45, 7) is 1.58. The third-order valence-corrected chi connectivity index (χ3v) is 3.10. The summed E-state index contributed by atoms with van der Waals surface area (Å²) < 4.78 is 7.43. The first-order valence-corrected chi connectivity index (χ1v) is 5.44. The summed E-state index contributed by atoms with van der Waals surface area (Å²) in [4.78, 5) is 4.42. The second-order valence-corrected chi connectivity index (χ2v) is 4.14. The van der Waals surface area contributed by atoms with E-state index >= 15 is 0 Å². The Kier molecular flexibility index (Phi) is 2.15. The van der Waals surface area contributed by atoms with Crippen molar-refractivity contribution in [2.24, 2.45) is 0 Å². The zero-order chi connectivity index (χ0) is 10.3. The predicted octanol–water partition coefficient (Wildman–Crippen LogP) is 2.49. The number of rotatable bonds is 1. The van der Waals surface area contributed by atoms with E-state index in [1.807, 2.05) is 24.4 Å². The van der Waals surface area contributed by atoms with Gasteiger partial charge in [-0.1, -0.05) is 17.7 Å². The van der Waals surface area contributed by atoms with Gasteiger partial charge in [0.2, 0.25) is 0 Å². The Morgan fingerprint density at radius 3 is 3.20 bits per heavy atom. The van der Waals surface area contributed by atoms with Gasteiger partial charge in [-0.25, -0.2) is 4.98 Å². The summed E-state index contributed by atoms with van der Waals surface area (Å²) >= 11 is 6.08. The molecular formula is C11H11ClN2O.